The first-order valence-electron chi connectivity index (χ1n) is 6.73. The molecule has 0 aliphatic heterocycles. The molecule has 0 atom stereocenters. The van der Waals surface area contributed by atoms with E-state index in [-0.39, 0.29) is 0 Å². The number of hydrogen-bond acceptors (Lipinski definition) is 2. The van der Waals surface area contributed by atoms with Gasteiger partial charge in [-0.2, -0.15) is 0 Å². The van der Waals surface area contributed by atoms with Crippen LogP contribution in [0.2, 0.25) is 0 Å². The molecule has 0 aromatic carbocycles. The van der Waals surface area contributed by atoms with Crippen LogP contribution in [0.15, 0.2) is 4.99 Å². The monoisotopic (exact) mass is 243 g/mol. The minimum atomic E-state index is 0.617. The maximum absolute atomic E-state index is 5.51. The van der Waals surface area contributed by atoms with Gasteiger partial charge in [0, 0.05) is 33.4 Å². The highest BCUT2D eigenvalue weighted by Crippen LogP contribution is 1.92. The third-order valence-corrected chi connectivity index (χ3v) is 2.26. The molecule has 0 aliphatic carbocycles. The standard InChI is InChI=1S/C13H29N3O/c1-5-6-8-15-13(14-4)16-9-7-10-17-11-12(2)3/h12H,5-11H2,1-4H3,(H2,14,15,16). The van der Waals surface area contributed by atoms with Gasteiger partial charge in [-0.15, -0.1) is 0 Å². The van der Waals surface area contributed by atoms with Crippen LogP contribution in [0, 0.1) is 5.92 Å². The molecule has 0 fully saturated rings. The van der Waals surface area contributed by atoms with Crippen LogP contribution in [0.25, 0.3) is 0 Å². The van der Waals surface area contributed by atoms with E-state index in [4.69, 9.17) is 4.74 Å². The van der Waals surface area contributed by atoms with E-state index in [9.17, 15) is 0 Å². The van der Waals surface area contributed by atoms with E-state index in [1.807, 2.05) is 0 Å². The van der Waals surface area contributed by atoms with Crippen LogP contribution < -0.4 is 10.6 Å². The molecule has 0 radical (unpaired) electrons. The molecule has 0 rings (SSSR count). The van der Waals surface area contributed by atoms with Crippen molar-refractivity contribution in [2.24, 2.45) is 10.9 Å². The molecular weight excluding hydrogens is 214 g/mol. The van der Waals surface area contributed by atoms with Crippen molar-refractivity contribution >= 4 is 5.96 Å². The van der Waals surface area contributed by atoms with E-state index >= 15 is 0 Å². The van der Waals surface area contributed by atoms with Crippen molar-refractivity contribution in [3.63, 3.8) is 0 Å². The lowest BCUT2D eigenvalue weighted by molar-refractivity contribution is 0.108. The molecule has 0 saturated heterocycles. The lowest BCUT2D eigenvalue weighted by Gasteiger charge is -2.11. The fourth-order valence-corrected chi connectivity index (χ4v) is 1.30. The molecule has 0 aliphatic rings. The first-order valence-corrected chi connectivity index (χ1v) is 6.73. The lowest BCUT2D eigenvalue weighted by Crippen LogP contribution is -2.38. The predicted molar refractivity (Wildman–Crippen MR) is 74.5 cm³/mol. The molecule has 0 saturated carbocycles. The van der Waals surface area contributed by atoms with Crippen molar-refractivity contribution < 1.29 is 4.74 Å². The number of hydrogen-bond donors (Lipinski definition) is 2. The van der Waals surface area contributed by atoms with Crippen molar-refractivity contribution in [1.82, 2.24) is 10.6 Å². The minimum absolute atomic E-state index is 0.617. The third-order valence-electron chi connectivity index (χ3n) is 2.26. The Hall–Kier alpha value is -0.770. The van der Waals surface area contributed by atoms with Crippen LogP contribution >= 0.6 is 0 Å². The maximum atomic E-state index is 5.51. The van der Waals surface area contributed by atoms with Gasteiger partial charge in [-0.3, -0.25) is 4.99 Å². The van der Waals surface area contributed by atoms with Gasteiger partial charge in [0.2, 0.25) is 0 Å². The second-order valence-corrected chi connectivity index (χ2v) is 4.60. The summed E-state index contributed by atoms with van der Waals surface area (Å²) in [6.45, 7) is 10.1. The number of rotatable bonds is 9. The van der Waals surface area contributed by atoms with Gasteiger partial charge in [-0.25, -0.2) is 0 Å². The predicted octanol–water partition coefficient (Wildman–Crippen LogP) is 2.01. The zero-order valence-electron chi connectivity index (χ0n) is 11.9. The fraction of sp³-hybridized carbons (Fsp3) is 0.923. The Kier molecular flexibility index (Phi) is 11.2. The summed E-state index contributed by atoms with van der Waals surface area (Å²) in [6.07, 6.45) is 3.40. The van der Waals surface area contributed by atoms with Crippen molar-refractivity contribution in [1.29, 1.82) is 0 Å². The Morgan fingerprint density at radius 2 is 1.82 bits per heavy atom. The smallest absolute Gasteiger partial charge is 0.190 e. The Morgan fingerprint density at radius 3 is 2.35 bits per heavy atom. The van der Waals surface area contributed by atoms with Gasteiger partial charge < -0.3 is 15.4 Å². The van der Waals surface area contributed by atoms with E-state index in [1.165, 1.54) is 12.8 Å². The normalized spacial score (nSPS) is 11.9. The zero-order chi connectivity index (χ0) is 12.9. The van der Waals surface area contributed by atoms with Gasteiger partial charge in [0.15, 0.2) is 5.96 Å². The van der Waals surface area contributed by atoms with Gasteiger partial charge in [-0.1, -0.05) is 27.2 Å². The number of nitrogens with zero attached hydrogens (tertiary/aromatic N) is 1. The number of guanidine groups is 1. The van der Waals surface area contributed by atoms with Crippen LogP contribution in [-0.2, 0) is 4.74 Å². The molecule has 0 bridgehead atoms. The van der Waals surface area contributed by atoms with Crippen molar-refractivity contribution in [2.75, 3.05) is 33.4 Å². The molecule has 0 amide bonds. The number of ether oxygens (including phenoxy) is 1. The molecule has 2 N–H and O–H groups in total. The summed E-state index contributed by atoms with van der Waals surface area (Å²) in [6, 6.07) is 0. The number of aliphatic imine (C=N–C) groups is 1. The Bertz CT molecular complexity index is 193. The van der Waals surface area contributed by atoms with Gasteiger partial charge in [0.1, 0.15) is 0 Å². The molecule has 4 heteroatoms. The summed E-state index contributed by atoms with van der Waals surface area (Å²) >= 11 is 0. The zero-order valence-corrected chi connectivity index (χ0v) is 11.9. The Balaban J connectivity index is 3.38. The number of nitrogens with one attached hydrogen (secondary N) is 2. The van der Waals surface area contributed by atoms with Crippen LogP contribution in [-0.4, -0.2) is 39.3 Å². The molecule has 0 heterocycles. The SMILES string of the molecule is CCCCNC(=NC)NCCCOCC(C)C. The summed E-state index contributed by atoms with van der Waals surface area (Å²) in [5.41, 5.74) is 0. The molecule has 0 unspecified atom stereocenters. The first kappa shape index (κ1) is 16.2. The Labute approximate surface area is 106 Å². The molecule has 17 heavy (non-hydrogen) atoms. The summed E-state index contributed by atoms with van der Waals surface area (Å²) in [5.74, 6) is 1.51. The van der Waals surface area contributed by atoms with E-state index < -0.39 is 0 Å². The maximum Gasteiger partial charge on any atom is 0.190 e. The molecule has 0 aromatic heterocycles. The molecule has 0 aromatic rings. The first-order chi connectivity index (χ1) is 8.20. The second-order valence-electron chi connectivity index (χ2n) is 4.60. The lowest BCUT2D eigenvalue weighted by atomic mass is 10.2. The molecule has 4 nitrogen and oxygen atoms in total. The van der Waals surface area contributed by atoms with Crippen molar-refractivity contribution in [3.8, 4) is 0 Å². The quantitative estimate of drug-likeness (QED) is 0.370. The van der Waals surface area contributed by atoms with Gasteiger partial charge >= 0.3 is 0 Å². The minimum Gasteiger partial charge on any atom is -0.381 e. The molecule has 102 valence electrons. The van der Waals surface area contributed by atoms with Gasteiger partial charge in [0.25, 0.3) is 0 Å². The van der Waals surface area contributed by atoms with Crippen LogP contribution in [0.3, 0.4) is 0 Å². The van der Waals surface area contributed by atoms with E-state index in [0.29, 0.717) is 5.92 Å². The van der Waals surface area contributed by atoms with Gasteiger partial charge in [-0.05, 0) is 18.8 Å². The van der Waals surface area contributed by atoms with Crippen LogP contribution in [0.4, 0.5) is 0 Å². The highest BCUT2D eigenvalue weighted by molar-refractivity contribution is 5.79. The van der Waals surface area contributed by atoms with Gasteiger partial charge in [0.05, 0.1) is 0 Å². The fourth-order valence-electron chi connectivity index (χ4n) is 1.30. The summed E-state index contributed by atoms with van der Waals surface area (Å²) in [4.78, 5) is 4.16. The second kappa shape index (κ2) is 11.7. The average Bonchev–Trinajstić information content (AvgIpc) is 2.31. The summed E-state index contributed by atoms with van der Waals surface area (Å²) < 4.78 is 5.51. The average molecular weight is 243 g/mol. The summed E-state index contributed by atoms with van der Waals surface area (Å²) in [7, 11) is 1.80. The third kappa shape index (κ3) is 11.5. The van der Waals surface area contributed by atoms with Crippen LogP contribution in [0.5, 0.6) is 0 Å². The summed E-state index contributed by atoms with van der Waals surface area (Å²) in [5, 5.41) is 6.55. The topological polar surface area (TPSA) is 45.7 Å². The van der Waals surface area contributed by atoms with Crippen molar-refractivity contribution in [2.45, 2.75) is 40.0 Å². The molecular formula is C13H29N3O. The van der Waals surface area contributed by atoms with Crippen molar-refractivity contribution in [3.05, 3.63) is 0 Å². The largest absolute Gasteiger partial charge is 0.381 e. The molecule has 0 spiro atoms. The van der Waals surface area contributed by atoms with E-state index in [1.54, 1.807) is 7.05 Å². The van der Waals surface area contributed by atoms with E-state index in [0.717, 1.165) is 38.7 Å². The Morgan fingerprint density at radius 1 is 1.18 bits per heavy atom. The number of unbranched alkanes of at least 4 members (excludes halogenated alkanes) is 1. The van der Waals surface area contributed by atoms with E-state index in [2.05, 4.69) is 36.4 Å². The highest BCUT2D eigenvalue weighted by Gasteiger charge is 1.96. The highest BCUT2D eigenvalue weighted by atomic mass is 16.5. The van der Waals surface area contributed by atoms with Crippen LogP contribution in [0.1, 0.15) is 40.0 Å².